The predicted molar refractivity (Wildman–Crippen MR) is 89.6 cm³/mol. The summed E-state index contributed by atoms with van der Waals surface area (Å²) >= 11 is 0. The fourth-order valence-electron chi connectivity index (χ4n) is 2.09. The smallest absolute Gasteiger partial charge is 0.308 e. The van der Waals surface area contributed by atoms with E-state index in [4.69, 9.17) is 9.15 Å². The maximum atomic E-state index is 12.3. The summed E-state index contributed by atoms with van der Waals surface area (Å²) in [5, 5.41) is 2.55. The highest BCUT2D eigenvalue weighted by molar-refractivity contribution is 5.91. The number of nitrogens with one attached hydrogen (secondary N) is 1. The second kappa shape index (κ2) is 8.68. The van der Waals surface area contributed by atoms with Gasteiger partial charge < -0.3 is 19.4 Å². The van der Waals surface area contributed by atoms with Gasteiger partial charge in [-0.25, -0.2) is 0 Å². The fourth-order valence-corrected chi connectivity index (χ4v) is 2.09. The third-order valence-electron chi connectivity index (χ3n) is 3.38. The predicted octanol–water partition coefficient (Wildman–Crippen LogP) is 1.77. The van der Waals surface area contributed by atoms with Crippen molar-refractivity contribution in [3.8, 4) is 0 Å². The number of hydrogen-bond donors (Lipinski definition) is 1. The Kier molecular flexibility index (Phi) is 6.33. The van der Waals surface area contributed by atoms with Gasteiger partial charge in [-0.2, -0.15) is 0 Å². The second-order valence-electron chi connectivity index (χ2n) is 5.50. The number of hydrogen-bond acceptors (Lipinski definition) is 5. The van der Waals surface area contributed by atoms with Gasteiger partial charge in [-0.05, 0) is 12.1 Å². The average molecular weight is 344 g/mol. The molecule has 0 bridgehead atoms. The summed E-state index contributed by atoms with van der Waals surface area (Å²) in [6.45, 7) is 0.0794. The van der Waals surface area contributed by atoms with Crippen molar-refractivity contribution in [1.29, 1.82) is 0 Å². The van der Waals surface area contributed by atoms with Crippen LogP contribution in [0, 0.1) is 0 Å². The zero-order valence-corrected chi connectivity index (χ0v) is 14.1. The molecule has 1 aromatic carbocycles. The summed E-state index contributed by atoms with van der Waals surface area (Å²) in [4.78, 5) is 37.4. The number of furan rings is 1. The van der Waals surface area contributed by atoms with Crippen LogP contribution in [0.25, 0.3) is 0 Å². The van der Waals surface area contributed by atoms with Crippen molar-refractivity contribution in [2.45, 2.75) is 12.5 Å². The Morgan fingerprint density at radius 1 is 1.12 bits per heavy atom. The van der Waals surface area contributed by atoms with Crippen molar-refractivity contribution in [2.24, 2.45) is 0 Å². The molecular formula is C18H20N2O5. The number of amides is 2. The van der Waals surface area contributed by atoms with Gasteiger partial charge in [0.05, 0.1) is 12.7 Å². The topological polar surface area (TPSA) is 88.9 Å². The summed E-state index contributed by atoms with van der Waals surface area (Å²) in [7, 11) is 3.19. The summed E-state index contributed by atoms with van der Waals surface area (Å²) in [6.07, 6.45) is 0.321. The number of likely N-dealkylation sites (N-methyl/N-ethyl adjacent to an activating group) is 1. The van der Waals surface area contributed by atoms with E-state index in [1.165, 1.54) is 17.2 Å². The van der Waals surface area contributed by atoms with Crippen LogP contribution in [-0.2, 0) is 14.3 Å². The lowest BCUT2D eigenvalue weighted by atomic mass is 10.1. The first-order valence-corrected chi connectivity index (χ1v) is 7.76. The van der Waals surface area contributed by atoms with Crippen LogP contribution in [-0.4, -0.2) is 43.3 Å². The second-order valence-corrected chi connectivity index (χ2v) is 5.50. The molecule has 0 spiro atoms. The van der Waals surface area contributed by atoms with Gasteiger partial charge in [0.1, 0.15) is 0 Å². The Morgan fingerprint density at radius 3 is 2.44 bits per heavy atom. The Bertz CT molecular complexity index is 710. The van der Waals surface area contributed by atoms with E-state index in [1.807, 2.05) is 6.07 Å². The third kappa shape index (κ3) is 5.20. The maximum Gasteiger partial charge on any atom is 0.308 e. The SMILES string of the molecule is CN(C)C(=O)C(OC(=O)CCNC(=O)c1ccco1)c1ccccc1. The van der Waals surface area contributed by atoms with Crippen molar-refractivity contribution in [1.82, 2.24) is 10.2 Å². The van der Waals surface area contributed by atoms with Gasteiger partial charge >= 0.3 is 5.97 Å². The molecule has 0 aliphatic heterocycles. The minimum absolute atomic E-state index is 0.0590. The first-order valence-electron chi connectivity index (χ1n) is 7.76. The van der Waals surface area contributed by atoms with Crippen molar-refractivity contribution >= 4 is 17.8 Å². The zero-order valence-electron chi connectivity index (χ0n) is 14.1. The van der Waals surface area contributed by atoms with Crippen LogP contribution in [0.1, 0.15) is 28.6 Å². The van der Waals surface area contributed by atoms with E-state index in [2.05, 4.69) is 5.32 Å². The lowest BCUT2D eigenvalue weighted by molar-refractivity contribution is -0.159. The molecule has 1 aromatic heterocycles. The molecule has 7 nitrogen and oxygen atoms in total. The summed E-state index contributed by atoms with van der Waals surface area (Å²) in [6, 6.07) is 11.9. The molecule has 2 amide bonds. The van der Waals surface area contributed by atoms with Crippen molar-refractivity contribution < 1.29 is 23.5 Å². The summed E-state index contributed by atoms with van der Waals surface area (Å²) < 4.78 is 10.3. The number of nitrogens with zero attached hydrogens (tertiary/aromatic N) is 1. The molecular weight excluding hydrogens is 324 g/mol. The number of benzene rings is 1. The van der Waals surface area contributed by atoms with E-state index in [9.17, 15) is 14.4 Å². The number of rotatable bonds is 7. The van der Waals surface area contributed by atoms with E-state index in [-0.39, 0.29) is 24.6 Å². The molecule has 2 aromatic rings. The molecule has 132 valence electrons. The van der Waals surface area contributed by atoms with E-state index in [0.29, 0.717) is 5.56 Å². The van der Waals surface area contributed by atoms with Crippen LogP contribution in [0.5, 0.6) is 0 Å². The monoisotopic (exact) mass is 344 g/mol. The largest absolute Gasteiger partial charge is 0.459 e. The van der Waals surface area contributed by atoms with E-state index >= 15 is 0 Å². The Morgan fingerprint density at radius 2 is 1.84 bits per heavy atom. The Balaban J connectivity index is 1.91. The minimum Gasteiger partial charge on any atom is -0.459 e. The van der Waals surface area contributed by atoms with E-state index in [1.54, 1.807) is 44.4 Å². The molecule has 1 heterocycles. The van der Waals surface area contributed by atoms with E-state index < -0.39 is 18.0 Å². The van der Waals surface area contributed by atoms with Crippen LogP contribution in [0.3, 0.4) is 0 Å². The van der Waals surface area contributed by atoms with Gasteiger partial charge in [-0.15, -0.1) is 0 Å². The molecule has 7 heteroatoms. The molecule has 2 rings (SSSR count). The Hall–Kier alpha value is -3.09. The molecule has 0 saturated heterocycles. The molecule has 0 radical (unpaired) electrons. The molecule has 25 heavy (non-hydrogen) atoms. The highest BCUT2D eigenvalue weighted by Crippen LogP contribution is 2.20. The van der Waals surface area contributed by atoms with Crippen molar-refractivity contribution in [2.75, 3.05) is 20.6 Å². The standard InChI is InChI=1S/C18H20N2O5/c1-20(2)18(23)16(13-7-4-3-5-8-13)25-15(21)10-11-19-17(22)14-9-6-12-24-14/h3-9,12,16H,10-11H2,1-2H3,(H,19,22). The van der Waals surface area contributed by atoms with Crippen LogP contribution in [0.4, 0.5) is 0 Å². The first kappa shape index (κ1) is 18.3. The molecule has 0 aliphatic rings. The molecule has 0 aliphatic carbocycles. The molecule has 0 saturated carbocycles. The first-order chi connectivity index (χ1) is 12.0. The van der Waals surface area contributed by atoms with Crippen molar-refractivity contribution in [3.63, 3.8) is 0 Å². The van der Waals surface area contributed by atoms with Gasteiger partial charge in [0.25, 0.3) is 11.8 Å². The highest BCUT2D eigenvalue weighted by Gasteiger charge is 2.26. The van der Waals surface area contributed by atoms with Gasteiger partial charge in [0, 0.05) is 26.2 Å². The quantitative estimate of drug-likeness (QED) is 0.773. The van der Waals surface area contributed by atoms with Crippen LogP contribution >= 0.6 is 0 Å². The number of carbonyl (C=O) groups is 3. The normalized spacial score (nSPS) is 11.4. The lowest BCUT2D eigenvalue weighted by Crippen LogP contribution is -2.32. The minimum atomic E-state index is -1.01. The third-order valence-corrected chi connectivity index (χ3v) is 3.38. The molecule has 1 N–H and O–H groups in total. The molecule has 1 atom stereocenters. The molecule has 1 unspecified atom stereocenters. The maximum absolute atomic E-state index is 12.3. The number of ether oxygens (including phenoxy) is 1. The highest BCUT2D eigenvalue weighted by atomic mass is 16.5. The van der Waals surface area contributed by atoms with Crippen LogP contribution in [0.2, 0.25) is 0 Å². The van der Waals surface area contributed by atoms with E-state index in [0.717, 1.165) is 0 Å². The summed E-state index contributed by atoms with van der Waals surface area (Å²) in [5.41, 5.74) is 0.592. The zero-order chi connectivity index (χ0) is 18.2. The Labute approximate surface area is 145 Å². The lowest BCUT2D eigenvalue weighted by Gasteiger charge is -2.21. The van der Waals surface area contributed by atoms with Crippen molar-refractivity contribution in [3.05, 3.63) is 60.1 Å². The number of esters is 1. The van der Waals surface area contributed by atoms with Crippen LogP contribution < -0.4 is 5.32 Å². The fraction of sp³-hybridized carbons (Fsp3) is 0.278. The van der Waals surface area contributed by atoms with Gasteiger partial charge in [-0.1, -0.05) is 30.3 Å². The summed E-state index contributed by atoms with van der Waals surface area (Å²) in [5.74, 6) is -1.16. The van der Waals surface area contributed by atoms with Crippen LogP contribution in [0.15, 0.2) is 53.1 Å². The molecule has 0 fully saturated rings. The van der Waals surface area contributed by atoms with Gasteiger partial charge in [-0.3, -0.25) is 14.4 Å². The average Bonchev–Trinajstić information content (AvgIpc) is 3.14. The van der Waals surface area contributed by atoms with Gasteiger partial charge in [0.2, 0.25) is 6.10 Å². The van der Waals surface area contributed by atoms with Gasteiger partial charge in [0.15, 0.2) is 5.76 Å². The number of carbonyl (C=O) groups excluding carboxylic acids is 3.